The van der Waals surface area contributed by atoms with Crippen molar-refractivity contribution in [2.24, 2.45) is 0 Å². The van der Waals surface area contributed by atoms with Gasteiger partial charge in [0.2, 0.25) is 0 Å². The Morgan fingerprint density at radius 2 is 1.94 bits per heavy atom. The zero-order valence-corrected chi connectivity index (χ0v) is 9.84. The van der Waals surface area contributed by atoms with Gasteiger partial charge in [0.1, 0.15) is 11.8 Å². The van der Waals surface area contributed by atoms with E-state index in [4.69, 9.17) is 4.74 Å². The second-order valence-electron chi connectivity index (χ2n) is 3.67. The van der Waals surface area contributed by atoms with E-state index in [2.05, 4.69) is 5.32 Å². The number of methoxy groups -OCH3 is 1. The molecule has 5 heteroatoms. The minimum atomic E-state index is -4.33. The molecule has 96 valence electrons. The highest BCUT2D eigenvalue weighted by Crippen LogP contribution is 2.36. The number of benzene rings is 1. The van der Waals surface area contributed by atoms with E-state index >= 15 is 0 Å². The minimum absolute atomic E-state index is 0.121. The predicted octanol–water partition coefficient (Wildman–Crippen LogP) is 3.30. The zero-order chi connectivity index (χ0) is 12.9. The number of rotatable bonds is 5. The second kappa shape index (κ2) is 5.91. The van der Waals surface area contributed by atoms with E-state index in [1.807, 2.05) is 6.92 Å². The van der Waals surface area contributed by atoms with Crippen LogP contribution in [0.2, 0.25) is 0 Å². The quantitative estimate of drug-likeness (QED) is 0.862. The molecule has 2 nitrogen and oxygen atoms in total. The highest BCUT2D eigenvalue weighted by atomic mass is 19.4. The Morgan fingerprint density at radius 3 is 2.47 bits per heavy atom. The van der Waals surface area contributed by atoms with Crippen LogP contribution in [0.4, 0.5) is 13.2 Å². The Bertz CT molecular complexity index is 352. The SMILES string of the molecule is CCCNC(c1ccccc1OC)C(F)(F)F. The van der Waals surface area contributed by atoms with Gasteiger partial charge in [-0.05, 0) is 19.0 Å². The van der Waals surface area contributed by atoms with Crippen LogP contribution in [0.1, 0.15) is 24.9 Å². The van der Waals surface area contributed by atoms with Gasteiger partial charge in [0.15, 0.2) is 0 Å². The van der Waals surface area contributed by atoms with Crippen LogP contribution in [0.5, 0.6) is 5.75 Å². The first-order valence-corrected chi connectivity index (χ1v) is 5.43. The molecule has 1 aromatic rings. The molecule has 0 fully saturated rings. The summed E-state index contributed by atoms with van der Waals surface area (Å²) < 4.78 is 43.7. The number of alkyl halides is 3. The normalized spacial score (nSPS) is 13.5. The smallest absolute Gasteiger partial charge is 0.408 e. The van der Waals surface area contributed by atoms with Crippen molar-refractivity contribution in [1.82, 2.24) is 5.32 Å². The van der Waals surface area contributed by atoms with Crippen LogP contribution in [0.3, 0.4) is 0 Å². The molecule has 0 saturated carbocycles. The number of ether oxygens (including phenoxy) is 1. The van der Waals surface area contributed by atoms with Crippen LogP contribution in [0.15, 0.2) is 24.3 Å². The summed E-state index contributed by atoms with van der Waals surface area (Å²) >= 11 is 0. The molecule has 0 spiro atoms. The van der Waals surface area contributed by atoms with Crippen molar-refractivity contribution >= 4 is 0 Å². The van der Waals surface area contributed by atoms with Crippen molar-refractivity contribution < 1.29 is 17.9 Å². The molecule has 1 rings (SSSR count). The van der Waals surface area contributed by atoms with Gasteiger partial charge in [-0.25, -0.2) is 0 Å². The van der Waals surface area contributed by atoms with Gasteiger partial charge in [-0.2, -0.15) is 13.2 Å². The molecule has 0 saturated heterocycles. The lowest BCUT2D eigenvalue weighted by atomic mass is 10.1. The number of para-hydroxylation sites is 1. The highest BCUT2D eigenvalue weighted by Gasteiger charge is 2.41. The Hall–Kier alpha value is -1.23. The molecule has 0 amide bonds. The fourth-order valence-electron chi connectivity index (χ4n) is 1.60. The summed E-state index contributed by atoms with van der Waals surface area (Å²) in [6.07, 6.45) is -3.69. The van der Waals surface area contributed by atoms with E-state index in [9.17, 15) is 13.2 Å². The van der Waals surface area contributed by atoms with E-state index < -0.39 is 12.2 Å². The minimum Gasteiger partial charge on any atom is -0.496 e. The Balaban J connectivity index is 3.03. The van der Waals surface area contributed by atoms with Gasteiger partial charge in [-0.1, -0.05) is 25.1 Å². The topological polar surface area (TPSA) is 21.3 Å². The van der Waals surface area contributed by atoms with Crippen molar-refractivity contribution in [3.63, 3.8) is 0 Å². The Morgan fingerprint density at radius 1 is 1.29 bits per heavy atom. The first-order chi connectivity index (χ1) is 8.00. The average Bonchev–Trinajstić information content (AvgIpc) is 2.28. The summed E-state index contributed by atoms with van der Waals surface area (Å²) in [5.74, 6) is 0.249. The third kappa shape index (κ3) is 3.63. The van der Waals surface area contributed by atoms with Gasteiger partial charge in [0.05, 0.1) is 7.11 Å². The fourth-order valence-corrected chi connectivity index (χ4v) is 1.60. The molecule has 1 atom stereocenters. The molecule has 0 aromatic heterocycles. The lowest BCUT2D eigenvalue weighted by Gasteiger charge is -2.23. The van der Waals surface area contributed by atoms with E-state index in [0.29, 0.717) is 13.0 Å². The van der Waals surface area contributed by atoms with E-state index in [0.717, 1.165) is 0 Å². The van der Waals surface area contributed by atoms with Gasteiger partial charge < -0.3 is 10.1 Å². The second-order valence-corrected chi connectivity index (χ2v) is 3.67. The van der Waals surface area contributed by atoms with Crippen LogP contribution >= 0.6 is 0 Å². The first kappa shape index (κ1) is 13.8. The molecule has 0 bridgehead atoms. The molecule has 1 N–H and O–H groups in total. The largest absolute Gasteiger partial charge is 0.496 e. The Kier molecular flexibility index (Phi) is 4.81. The standard InChI is InChI=1S/C12H16F3NO/c1-3-8-16-11(12(13,14)15)9-6-4-5-7-10(9)17-2/h4-7,11,16H,3,8H2,1-2H3. The number of hydrogen-bond donors (Lipinski definition) is 1. The molecule has 1 unspecified atom stereocenters. The molecular formula is C12H16F3NO. The number of hydrogen-bond acceptors (Lipinski definition) is 2. The van der Waals surface area contributed by atoms with E-state index in [-0.39, 0.29) is 11.3 Å². The van der Waals surface area contributed by atoms with Gasteiger partial charge in [-0.15, -0.1) is 0 Å². The maximum atomic E-state index is 12.9. The molecule has 0 aliphatic carbocycles. The summed E-state index contributed by atoms with van der Waals surface area (Å²) in [7, 11) is 1.37. The predicted molar refractivity (Wildman–Crippen MR) is 60.1 cm³/mol. The number of nitrogens with one attached hydrogen (secondary N) is 1. The molecule has 0 aliphatic heterocycles. The van der Waals surface area contributed by atoms with Crippen molar-refractivity contribution in [3.8, 4) is 5.75 Å². The van der Waals surface area contributed by atoms with Gasteiger partial charge in [-0.3, -0.25) is 0 Å². The van der Waals surface area contributed by atoms with Crippen molar-refractivity contribution in [1.29, 1.82) is 0 Å². The van der Waals surface area contributed by atoms with E-state index in [1.54, 1.807) is 12.1 Å². The summed E-state index contributed by atoms with van der Waals surface area (Å²) in [5.41, 5.74) is 0.121. The van der Waals surface area contributed by atoms with Gasteiger partial charge >= 0.3 is 6.18 Å². The third-order valence-corrected chi connectivity index (χ3v) is 2.38. The van der Waals surface area contributed by atoms with Crippen molar-refractivity contribution in [2.75, 3.05) is 13.7 Å². The summed E-state index contributed by atoms with van der Waals surface area (Å²) in [6, 6.07) is 4.50. The van der Waals surface area contributed by atoms with E-state index in [1.165, 1.54) is 19.2 Å². The van der Waals surface area contributed by atoms with Crippen molar-refractivity contribution in [2.45, 2.75) is 25.6 Å². The monoisotopic (exact) mass is 247 g/mol. The fraction of sp³-hybridized carbons (Fsp3) is 0.500. The molecule has 0 heterocycles. The number of halogens is 3. The van der Waals surface area contributed by atoms with Crippen LogP contribution in [0.25, 0.3) is 0 Å². The lowest BCUT2D eigenvalue weighted by molar-refractivity contribution is -0.158. The third-order valence-electron chi connectivity index (χ3n) is 2.38. The van der Waals surface area contributed by atoms with Crippen LogP contribution in [-0.4, -0.2) is 19.8 Å². The molecule has 0 radical (unpaired) electrons. The lowest BCUT2D eigenvalue weighted by Crippen LogP contribution is -2.34. The van der Waals surface area contributed by atoms with Gasteiger partial charge in [0, 0.05) is 5.56 Å². The van der Waals surface area contributed by atoms with Gasteiger partial charge in [0.25, 0.3) is 0 Å². The van der Waals surface area contributed by atoms with Crippen LogP contribution in [0, 0.1) is 0 Å². The summed E-state index contributed by atoms with van der Waals surface area (Å²) in [4.78, 5) is 0. The summed E-state index contributed by atoms with van der Waals surface area (Å²) in [6.45, 7) is 2.13. The van der Waals surface area contributed by atoms with Crippen LogP contribution < -0.4 is 10.1 Å². The molecule has 1 aromatic carbocycles. The average molecular weight is 247 g/mol. The maximum Gasteiger partial charge on any atom is 0.408 e. The zero-order valence-electron chi connectivity index (χ0n) is 9.84. The molecule has 0 aliphatic rings. The molecule has 17 heavy (non-hydrogen) atoms. The maximum absolute atomic E-state index is 12.9. The molecular weight excluding hydrogens is 231 g/mol. The van der Waals surface area contributed by atoms with Crippen LogP contribution in [-0.2, 0) is 0 Å². The van der Waals surface area contributed by atoms with Crippen molar-refractivity contribution in [3.05, 3.63) is 29.8 Å². The highest BCUT2D eigenvalue weighted by molar-refractivity contribution is 5.36. The Labute approximate surface area is 98.8 Å². The summed E-state index contributed by atoms with van der Waals surface area (Å²) in [5, 5.41) is 2.50. The first-order valence-electron chi connectivity index (χ1n) is 5.43.